The van der Waals surface area contributed by atoms with E-state index in [0.717, 1.165) is 38.9 Å². The molecule has 138 valence electrons. The maximum Gasteiger partial charge on any atom is 0.161 e. The van der Waals surface area contributed by atoms with E-state index in [-0.39, 0.29) is 11.5 Å². The Morgan fingerprint density at radius 1 is 1.11 bits per heavy atom. The number of allylic oxidation sites excluding steroid dienone is 2. The summed E-state index contributed by atoms with van der Waals surface area (Å²) in [5, 5.41) is 11.1. The van der Waals surface area contributed by atoms with Crippen LogP contribution >= 0.6 is 0 Å². The predicted molar refractivity (Wildman–Crippen MR) is 112 cm³/mol. The van der Waals surface area contributed by atoms with Gasteiger partial charge in [-0.3, -0.25) is 9.79 Å². The Bertz CT molecular complexity index is 1080. The lowest BCUT2D eigenvalue weighted by molar-refractivity contribution is -0.111. The number of nitrogens with zero attached hydrogens (tertiary/aromatic N) is 1. The maximum atomic E-state index is 12.5. The number of carbonyl (C=O) groups is 1. The van der Waals surface area contributed by atoms with Crippen LogP contribution in [-0.2, 0) is 4.79 Å². The monoisotopic (exact) mass is 360 g/mol. The van der Waals surface area contributed by atoms with Gasteiger partial charge in [0.05, 0.1) is 11.4 Å². The number of benzene rings is 2. The van der Waals surface area contributed by atoms with E-state index in [1.807, 2.05) is 63.2 Å². The largest absolute Gasteiger partial charge is 0.507 e. The molecule has 1 heterocycles. The van der Waals surface area contributed by atoms with E-state index in [0.29, 0.717) is 11.3 Å². The molecule has 0 amide bonds. The molecule has 3 rings (SSSR count). The number of nitrogens with one attached hydrogen (secondary N) is 1. The van der Waals surface area contributed by atoms with Crippen LogP contribution in [0.5, 0.6) is 5.75 Å². The average molecular weight is 360 g/mol. The minimum Gasteiger partial charge on any atom is -0.507 e. The van der Waals surface area contributed by atoms with Crippen LogP contribution in [0.25, 0.3) is 16.5 Å². The smallest absolute Gasteiger partial charge is 0.161 e. The van der Waals surface area contributed by atoms with E-state index in [9.17, 15) is 9.90 Å². The number of fused-ring (bicyclic) bond motifs is 1. The molecule has 0 aliphatic heterocycles. The van der Waals surface area contributed by atoms with Gasteiger partial charge in [0.15, 0.2) is 5.78 Å². The van der Waals surface area contributed by atoms with E-state index in [4.69, 9.17) is 0 Å². The summed E-state index contributed by atoms with van der Waals surface area (Å²) in [4.78, 5) is 20.2. The molecule has 1 aromatic heterocycles. The molecule has 4 heteroatoms. The quantitative estimate of drug-likeness (QED) is 0.514. The molecule has 0 aliphatic carbocycles. The molecule has 3 aromatic rings. The van der Waals surface area contributed by atoms with Crippen molar-refractivity contribution in [2.75, 3.05) is 7.05 Å². The number of hydrogen-bond donors (Lipinski definition) is 2. The van der Waals surface area contributed by atoms with E-state index in [1.165, 1.54) is 0 Å². The molecule has 27 heavy (non-hydrogen) atoms. The highest BCUT2D eigenvalue weighted by atomic mass is 16.3. The highest BCUT2D eigenvalue weighted by Crippen LogP contribution is 2.28. The normalized spacial score (nSPS) is 12.6. The van der Waals surface area contributed by atoms with Gasteiger partial charge >= 0.3 is 0 Å². The summed E-state index contributed by atoms with van der Waals surface area (Å²) >= 11 is 0. The second-order valence-electron chi connectivity index (χ2n) is 6.85. The number of aliphatic imine (C=N–C) groups is 1. The molecule has 0 atom stereocenters. The number of phenolic OH excluding ortho intramolecular Hbond substituents is 1. The minimum absolute atomic E-state index is 0.0296. The van der Waals surface area contributed by atoms with Crippen molar-refractivity contribution in [3.05, 3.63) is 70.4 Å². The van der Waals surface area contributed by atoms with Gasteiger partial charge in [-0.2, -0.15) is 0 Å². The summed E-state index contributed by atoms with van der Waals surface area (Å²) in [6, 6.07) is 11.8. The number of para-hydroxylation sites is 1. The van der Waals surface area contributed by atoms with Gasteiger partial charge in [0.1, 0.15) is 5.75 Å². The van der Waals surface area contributed by atoms with Crippen LogP contribution in [0.2, 0.25) is 0 Å². The van der Waals surface area contributed by atoms with Crippen molar-refractivity contribution in [1.82, 2.24) is 4.98 Å². The number of aromatic amines is 1. The predicted octanol–water partition coefficient (Wildman–Crippen LogP) is 4.89. The third-order valence-electron chi connectivity index (χ3n) is 4.92. The first-order valence-electron chi connectivity index (χ1n) is 8.91. The SMILES string of the molecule is CN=C(/C=C(\C(C)=O)c1[nH]c2ccccc2c1C)c1cc(C)c(O)c(C)c1. The Kier molecular flexibility index (Phi) is 5.00. The lowest BCUT2D eigenvalue weighted by Crippen LogP contribution is -2.05. The highest BCUT2D eigenvalue weighted by molar-refractivity contribution is 6.27. The molecule has 0 bridgehead atoms. The molecule has 2 aromatic carbocycles. The summed E-state index contributed by atoms with van der Waals surface area (Å²) < 4.78 is 0. The maximum absolute atomic E-state index is 12.5. The van der Waals surface area contributed by atoms with Gasteiger partial charge in [-0.1, -0.05) is 18.2 Å². The number of ketones is 1. The van der Waals surface area contributed by atoms with Crippen molar-refractivity contribution in [3.63, 3.8) is 0 Å². The number of phenols is 1. The van der Waals surface area contributed by atoms with Crippen molar-refractivity contribution in [3.8, 4) is 5.75 Å². The van der Waals surface area contributed by atoms with Crippen LogP contribution in [0.3, 0.4) is 0 Å². The van der Waals surface area contributed by atoms with E-state index in [1.54, 1.807) is 14.0 Å². The van der Waals surface area contributed by atoms with Gasteiger partial charge in [-0.05, 0) is 68.7 Å². The number of aryl methyl sites for hydroxylation is 3. The summed E-state index contributed by atoms with van der Waals surface area (Å²) in [6.07, 6.45) is 1.82. The van der Waals surface area contributed by atoms with Crippen molar-refractivity contribution in [2.45, 2.75) is 27.7 Å². The Balaban J connectivity index is 2.17. The van der Waals surface area contributed by atoms with Crippen LogP contribution < -0.4 is 0 Å². The fraction of sp³-hybridized carbons (Fsp3) is 0.217. The van der Waals surface area contributed by atoms with E-state index in [2.05, 4.69) is 9.98 Å². The summed E-state index contributed by atoms with van der Waals surface area (Å²) in [7, 11) is 1.71. The van der Waals surface area contributed by atoms with Crippen molar-refractivity contribution >= 4 is 28.0 Å². The second-order valence-corrected chi connectivity index (χ2v) is 6.85. The number of hydrogen-bond acceptors (Lipinski definition) is 3. The molecular weight excluding hydrogens is 336 g/mol. The Hall–Kier alpha value is -3.14. The first-order chi connectivity index (χ1) is 12.8. The average Bonchev–Trinajstić information content (AvgIpc) is 2.97. The van der Waals surface area contributed by atoms with Crippen LogP contribution in [-0.4, -0.2) is 28.6 Å². The second kappa shape index (κ2) is 7.23. The zero-order chi connectivity index (χ0) is 19.7. The number of rotatable bonds is 4. The number of aromatic hydroxyl groups is 1. The zero-order valence-corrected chi connectivity index (χ0v) is 16.3. The summed E-state index contributed by atoms with van der Waals surface area (Å²) in [5.41, 5.74) is 6.59. The Labute approximate surface area is 159 Å². The summed E-state index contributed by atoms with van der Waals surface area (Å²) in [5.74, 6) is 0.259. The highest BCUT2D eigenvalue weighted by Gasteiger charge is 2.17. The standard InChI is InChI=1S/C23H24N2O2/c1-13-10-17(11-14(2)23(13)27)21(24-5)12-19(16(4)26)22-15(3)18-8-6-7-9-20(18)25-22/h6-12,25,27H,1-5H3/b19-12+,24-21?. The van der Waals surface area contributed by atoms with Crippen LogP contribution in [0.1, 0.15) is 34.9 Å². The van der Waals surface area contributed by atoms with Gasteiger partial charge in [0.2, 0.25) is 0 Å². The van der Waals surface area contributed by atoms with Gasteiger partial charge in [0.25, 0.3) is 0 Å². The zero-order valence-electron chi connectivity index (χ0n) is 16.3. The van der Waals surface area contributed by atoms with Crippen molar-refractivity contribution in [1.29, 1.82) is 0 Å². The third-order valence-corrected chi connectivity index (χ3v) is 4.92. The van der Waals surface area contributed by atoms with Gasteiger partial charge in [0, 0.05) is 29.1 Å². The first kappa shape index (κ1) is 18.6. The Morgan fingerprint density at radius 3 is 2.30 bits per heavy atom. The van der Waals surface area contributed by atoms with Gasteiger partial charge < -0.3 is 10.1 Å². The molecule has 0 saturated heterocycles. The molecule has 0 saturated carbocycles. The topological polar surface area (TPSA) is 65.5 Å². The van der Waals surface area contributed by atoms with Crippen LogP contribution in [0, 0.1) is 20.8 Å². The number of aromatic nitrogens is 1. The minimum atomic E-state index is -0.0296. The number of H-pyrrole nitrogens is 1. The fourth-order valence-electron chi connectivity index (χ4n) is 3.42. The molecule has 0 aliphatic rings. The van der Waals surface area contributed by atoms with E-state index >= 15 is 0 Å². The van der Waals surface area contributed by atoms with E-state index < -0.39 is 0 Å². The van der Waals surface area contributed by atoms with Gasteiger partial charge in [-0.15, -0.1) is 0 Å². The molecule has 0 spiro atoms. The van der Waals surface area contributed by atoms with Crippen molar-refractivity contribution < 1.29 is 9.90 Å². The molecule has 4 nitrogen and oxygen atoms in total. The molecule has 2 N–H and O–H groups in total. The van der Waals surface area contributed by atoms with Gasteiger partial charge in [-0.25, -0.2) is 0 Å². The lowest BCUT2D eigenvalue weighted by atomic mass is 9.97. The van der Waals surface area contributed by atoms with Crippen LogP contribution in [0.4, 0.5) is 0 Å². The third kappa shape index (κ3) is 3.43. The molecule has 0 fully saturated rings. The molecular formula is C23H24N2O2. The number of Topliss-reactive ketones (excluding diaryl/α,β-unsaturated/α-hetero) is 1. The molecule has 0 unspecified atom stereocenters. The van der Waals surface area contributed by atoms with Crippen LogP contribution in [0.15, 0.2) is 47.5 Å². The van der Waals surface area contributed by atoms with Crippen molar-refractivity contribution in [2.24, 2.45) is 4.99 Å². The molecule has 0 radical (unpaired) electrons. The fourth-order valence-corrected chi connectivity index (χ4v) is 3.42. The first-order valence-corrected chi connectivity index (χ1v) is 8.91. The Morgan fingerprint density at radius 2 is 1.74 bits per heavy atom. The number of carbonyl (C=O) groups excluding carboxylic acids is 1. The lowest BCUT2D eigenvalue weighted by Gasteiger charge is -2.10. The summed E-state index contributed by atoms with van der Waals surface area (Å²) in [6.45, 7) is 7.30.